The Hall–Kier alpha value is -1.51. The number of rotatable bonds is 1. The van der Waals surface area contributed by atoms with Gasteiger partial charge >= 0.3 is 0 Å². The van der Waals surface area contributed by atoms with Gasteiger partial charge in [0.15, 0.2) is 0 Å². The zero-order chi connectivity index (χ0) is 15.6. The number of fused-ring (bicyclic) bond motifs is 5. The molecule has 6 nitrogen and oxygen atoms in total. The van der Waals surface area contributed by atoms with Gasteiger partial charge in [0, 0.05) is 18.3 Å². The van der Waals surface area contributed by atoms with Crippen molar-refractivity contribution in [2.24, 2.45) is 7.05 Å². The molecular formula is C14H16N4O2S2. The average molecular weight is 336 g/mol. The monoisotopic (exact) mass is 336 g/mol. The summed E-state index contributed by atoms with van der Waals surface area (Å²) in [6, 6.07) is 0. The maximum absolute atomic E-state index is 12.8. The number of H-pyrrole nitrogens is 1. The maximum atomic E-state index is 12.8. The highest BCUT2D eigenvalue weighted by atomic mass is 32.1. The van der Waals surface area contributed by atoms with Crippen LogP contribution in [0.25, 0.3) is 16.0 Å². The predicted octanol–water partition coefficient (Wildman–Crippen LogP) is 2.55. The quantitative estimate of drug-likeness (QED) is 0.694. The molecule has 0 aliphatic carbocycles. The van der Waals surface area contributed by atoms with Gasteiger partial charge in [0.05, 0.1) is 17.6 Å². The molecule has 0 saturated heterocycles. The van der Waals surface area contributed by atoms with Gasteiger partial charge in [-0.25, -0.2) is 9.50 Å². The van der Waals surface area contributed by atoms with E-state index in [2.05, 4.69) is 24.0 Å². The molecule has 4 rings (SSSR count). The van der Waals surface area contributed by atoms with E-state index in [9.17, 15) is 4.79 Å². The Balaban J connectivity index is 2.17. The molecule has 0 aromatic carbocycles. The van der Waals surface area contributed by atoms with E-state index in [1.165, 1.54) is 0 Å². The minimum Gasteiger partial charge on any atom is -0.369 e. The van der Waals surface area contributed by atoms with Crippen molar-refractivity contribution in [2.75, 3.05) is 0 Å². The molecule has 0 amide bonds. The van der Waals surface area contributed by atoms with E-state index in [4.69, 9.17) is 17.0 Å². The van der Waals surface area contributed by atoms with Crippen LogP contribution in [0.2, 0.25) is 0 Å². The van der Waals surface area contributed by atoms with Crippen molar-refractivity contribution in [1.82, 2.24) is 19.2 Å². The van der Waals surface area contributed by atoms with Crippen LogP contribution in [0.3, 0.4) is 0 Å². The molecule has 116 valence electrons. The van der Waals surface area contributed by atoms with Crippen molar-refractivity contribution in [3.8, 4) is 0 Å². The van der Waals surface area contributed by atoms with Gasteiger partial charge in [0.25, 0.3) is 5.56 Å². The SMILES string of the molecule is CC[C@]1(C)Cc2c(sc3c2c(=O)n(C)c2n[nH]c(=S)n32)CO1. The number of nitrogens with one attached hydrogen (secondary N) is 1. The first-order valence-electron chi connectivity index (χ1n) is 7.19. The second-order valence-electron chi connectivity index (χ2n) is 5.98. The second kappa shape index (κ2) is 4.50. The lowest BCUT2D eigenvalue weighted by atomic mass is 9.90. The number of ether oxygens (including phenoxy) is 1. The van der Waals surface area contributed by atoms with Gasteiger partial charge in [0.2, 0.25) is 10.5 Å². The van der Waals surface area contributed by atoms with E-state index in [0.29, 0.717) is 17.2 Å². The molecule has 0 spiro atoms. The fourth-order valence-electron chi connectivity index (χ4n) is 3.03. The zero-order valence-electron chi connectivity index (χ0n) is 12.6. The minimum atomic E-state index is -0.209. The highest BCUT2D eigenvalue weighted by Gasteiger charge is 2.33. The number of aromatic nitrogens is 4. The van der Waals surface area contributed by atoms with Crippen molar-refractivity contribution >= 4 is 39.5 Å². The van der Waals surface area contributed by atoms with Gasteiger partial charge < -0.3 is 4.74 Å². The zero-order valence-corrected chi connectivity index (χ0v) is 14.2. The number of aromatic amines is 1. The fraction of sp³-hybridized carbons (Fsp3) is 0.500. The van der Waals surface area contributed by atoms with Gasteiger partial charge in [0.1, 0.15) is 4.83 Å². The summed E-state index contributed by atoms with van der Waals surface area (Å²) in [5.41, 5.74) is 0.884. The van der Waals surface area contributed by atoms with Gasteiger partial charge in [-0.1, -0.05) is 6.92 Å². The summed E-state index contributed by atoms with van der Waals surface area (Å²) in [6.45, 7) is 4.77. The van der Waals surface area contributed by atoms with E-state index in [1.807, 2.05) is 4.40 Å². The first kappa shape index (κ1) is 14.1. The molecule has 0 bridgehead atoms. The van der Waals surface area contributed by atoms with Crippen LogP contribution in [0, 0.1) is 4.77 Å². The Morgan fingerprint density at radius 3 is 3.05 bits per heavy atom. The third-order valence-corrected chi connectivity index (χ3v) is 6.06. The van der Waals surface area contributed by atoms with E-state index >= 15 is 0 Å². The molecule has 1 aliphatic heterocycles. The molecule has 1 atom stereocenters. The Bertz CT molecular complexity index is 1030. The smallest absolute Gasteiger partial charge is 0.263 e. The van der Waals surface area contributed by atoms with Gasteiger partial charge in [-0.15, -0.1) is 16.4 Å². The first-order valence-corrected chi connectivity index (χ1v) is 8.42. The third-order valence-electron chi connectivity index (χ3n) is 4.60. The standard InChI is InChI=1S/C14H16N4O2S2/c1-4-14(2)5-7-8(6-20-14)22-11-9(7)10(19)17(3)12-15-16-13(21)18(11)12/h4-6H2,1-3H3,(H,16,21)/t14-/m1/s1. The molecule has 22 heavy (non-hydrogen) atoms. The molecule has 8 heteroatoms. The number of nitrogens with zero attached hydrogens (tertiary/aromatic N) is 3. The normalized spacial score (nSPS) is 21.6. The highest BCUT2D eigenvalue weighted by molar-refractivity contribution is 7.71. The summed E-state index contributed by atoms with van der Waals surface area (Å²) in [4.78, 5) is 14.8. The van der Waals surface area contributed by atoms with E-state index in [-0.39, 0.29) is 11.2 Å². The molecule has 0 radical (unpaired) electrons. The summed E-state index contributed by atoms with van der Waals surface area (Å²) in [7, 11) is 1.73. The Morgan fingerprint density at radius 1 is 1.55 bits per heavy atom. The molecule has 4 heterocycles. The van der Waals surface area contributed by atoms with Gasteiger partial charge in [-0.2, -0.15) is 0 Å². The van der Waals surface area contributed by atoms with Crippen molar-refractivity contribution in [2.45, 2.75) is 38.9 Å². The lowest BCUT2D eigenvalue weighted by Crippen LogP contribution is -2.34. The number of thiophene rings is 1. The van der Waals surface area contributed by atoms with Crippen molar-refractivity contribution in [1.29, 1.82) is 0 Å². The molecule has 0 fully saturated rings. The summed E-state index contributed by atoms with van der Waals surface area (Å²) >= 11 is 6.91. The van der Waals surface area contributed by atoms with E-state index in [1.54, 1.807) is 23.0 Å². The van der Waals surface area contributed by atoms with E-state index < -0.39 is 0 Å². The Kier molecular flexibility index (Phi) is 2.88. The summed E-state index contributed by atoms with van der Waals surface area (Å²) in [5, 5.41) is 7.70. The summed E-state index contributed by atoms with van der Waals surface area (Å²) in [6.07, 6.45) is 1.67. The number of aryl methyl sites for hydroxylation is 1. The molecule has 1 N–H and O–H groups in total. The third kappa shape index (κ3) is 1.71. The predicted molar refractivity (Wildman–Crippen MR) is 88.2 cm³/mol. The van der Waals surface area contributed by atoms with Crippen LogP contribution in [0.5, 0.6) is 0 Å². The van der Waals surface area contributed by atoms with Crippen LogP contribution in [0.1, 0.15) is 30.7 Å². The van der Waals surface area contributed by atoms with Crippen LogP contribution >= 0.6 is 23.6 Å². The fourth-order valence-corrected chi connectivity index (χ4v) is 4.53. The molecule has 3 aromatic rings. The Morgan fingerprint density at radius 2 is 2.32 bits per heavy atom. The largest absolute Gasteiger partial charge is 0.369 e. The van der Waals surface area contributed by atoms with Gasteiger partial charge in [-0.05, 0) is 31.1 Å². The topological polar surface area (TPSA) is 64.3 Å². The van der Waals surface area contributed by atoms with Crippen LogP contribution in [0.15, 0.2) is 4.79 Å². The highest BCUT2D eigenvalue weighted by Crippen LogP contribution is 2.38. The summed E-state index contributed by atoms with van der Waals surface area (Å²) < 4.78 is 9.92. The van der Waals surface area contributed by atoms with E-state index in [0.717, 1.165) is 33.5 Å². The average Bonchev–Trinajstić information content (AvgIpc) is 3.05. The maximum Gasteiger partial charge on any atom is 0.263 e. The van der Waals surface area contributed by atoms with Crippen LogP contribution in [0.4, 0.5) is 0 Å². The van der Waals surface area contributed by atoms with Crippen molar-refractivity contribution in [3.63, 3.8) is 0 Å². The molecule has 3 aromatic heterocycles. The van der Waals surface area contributed by atoms with Crippen molar-refractivity contribution < 1.29 is 4.74 Å². The molecular weight excluding hydrogens is 320 g/mol. The van der Waals surface area contributed by atoms with Crippen LogP contribution < -0.4 is 5.56 Å². The lowest BCUT2D eigenvalue weighted by molar-refractivity contribution is -0.0543. The van der Waals surface area contributed by atoms with Crippen LogP contribution in [-0.4, -0.2) is 24.8 Å². The van der Waals surface area contributed by atoms with Gasteiger partial charge in [-0.3, -0.25) is 9.36 Å². The first-order chi connectivity index (χ1) is 10.4. The van der Waals surface area contributed by atoms with Crippen molar-refractivity contribution in [3.05, 3.63) is 25.6 Å². The van der Waals surface area contributed by atoms with Crippen LogP contribution in [-0.2, 0) is 24.8 Å². The summed E-state index contributed by atoms with van der Waals surface area (Å²) in [5.74, 6) is 0.542. The molecule has 0 saturated carbocycles. The number of hydrogen-bond acceptors (Lipinski definition) is 5. The number of hydrogen-bond donors (Lipinski definition) is 1. The molecule has 0 unspecified atom stereocenters. The second-order valence-corrected chi connectivity index (χ2v) is 7.45. The lowest BCUT2D eigenvalue weighted by Gasteiger charge is -2.32. The Labute approximate surface area is 135 Å². The minimum absolute atomic E-state index is 0.0191. The molecule has 1 aliphatic rings.